The first kappa shape index (κ1) is 31.7. The molecule has 2 N–H and O–H groups in total. The minimum atomic E-state index is -0.447. The summed E-state index contributed by atoms with van der Waals surface area (Å²) in [5.41, 5.74) is 4.71. The third-order valence-electron chi connectivity index (χ3n) is 7.16. The van der Waals surface area contributed by atoms with Crippen LogP contribution in [0.1, 0.15) is 57.9 Å². The van der Waals surface area contributed by atoms with E-state index in [2.05, 4.69) is 27.9 Å². The molecule has 2 aromatic carbocycles. The number of hydrogen-bond donors (Lipinski definition) is 2. The van der Waals surface area contributed by atoms with Crippen LogP contribution in [0.15, 0.2) is 48.5 Å². The number of nitrogens with zero attached hydrogens (tertiary/aromatic N) is 4. The van der Waals surface area contributed by atoms with E-state index in [1.807, 2.05) is 55.5 Å². The summed E-state index contributed by atoms with van der Waals surface area (Å²) < 4.78 is 12.6. The molecule has 0 unspecified atom stereocenters. The Balaban J connectivity index is 1.51. The Morgan fingerprint density at radius 1 is 0.860 bits per heavy atom. The number of para-hydroxylation sites is 1. The number of anilines is 1. The summed E-state index contributed by atoms with van der Waals surface area (Å²) in [5, 5.41) is 14.6. The van der Waals surface area contributed by atoms with Crippen LogP contribution in [0.2, 0.25) is 0 Å². The number of benzene rings is 2. The van der Waals surface area contributed by atoms with Crippen LogP contribution in [0.5, 0.6) is 0 Å². The summed E-state index contributed by atoms with van der Waals surface area (Å²) >= 11 is 0. The van der Waals surface area contributed by atoms with E-state index in [1.54, 1.807) is 9.58 Å². The normalized spacial score (nSPS) is 11.9. The van der Waals surface area contributed by atoms with E-state index in [4.69, 9.17) is 9.47 Å². The topological polar surface area (TPSA) is 128 Å². The van der Waals surface area contributed by atoms with Gasteiger partial charge >= 0.3 is 6.09 Å². The number of unbranched alkanes of at least 4 members (excludes halogenated alkanes) is 2. The number of rotatable bonds is 15. The smallest absolute Gasteiger partial charge is 0.407 e. The minimum Gasteiger partial charge on any atom is -0.448 e. The number of carbonyl (C=O) groups is 3. The Hall–Kier alpha value is -4.25. The van der Waals surface area contributed by atoms with Gasteiger partial charge < -0.3 is 25.0 Å². The maximum absolute atomic E-state index is 13.6. The minimum absolute atomic E-state index is 0.0650. The molecule has 11 nitrogen and oxygen atoms in total. The molecule has 3 aromatic rings. The van der Waals surface area contributed by atoms with Gasteiger partial charge in [-0.3, -0.25) is 9.59 Å². The Morgan fingerprint density at radius 2 is 1.65 bits per heavy atom. The van der Waals surface area contributed by atoms with Crippen LogP contribution < -0.4 is 15.5 Å². The predicted molar refractivity (Wildman–Crippen MR) is 164 cm³/mol. The Morgan fingerprint density at radius 3 is 2.47 bits per heavy atom. The largest absolute Gasteiger partial charge is 0.448 e. The molecule has 0 spiro atoms. The first-order valence-electron chi connectivity index (χ1n) is 15.2. The van der Waals surface area contributed by atoms with Gasteiger partial charge in [-0.2, -0.15) is 0 Å². The van der Waals surface area contributed by atoms with Crippen LogP contribution in [0.25, 0.3) is 22.5 Å². The van der Waals surface area contributed by atoms with Gasteiger partial charge in [0.25, 0.3) is 0 Å². The van der Waals surface area contributed by atoms with E-state index in [1.165, 1.54) is 0 Å². The summed E-state index contributed by atoms with van der Waals surface area (Å²) in [5.74, 6) is -0.343. The zero-order valence-corrected chi connectivity index (χ0v) is 25.1. The molecule has 3 amide bonds. The summed E-state index contributed by atoms with van der Waals surface area (Å²) in [6, 6.07) is 15.4. The molecule has 11 heteroatoms. The zero-order valence-electron chi connectivity index (χ0n) is 25.1. The molecule has 43 heavy (non-hydrogen) atoms. The number of hydrogen-bond acceptors (Lipinski definition) is 7. The average Bonchev–Trinajstić information content (AvgIpc) is 3.43. The summed E-state index contributed by atoms with van der Waals surface area (Å²) in [7, 11) is 0. The quantitative estimate of drug-likeness (QED) is 0.246. The molecule has 0 radical (unpaired) electrons. The van der Waals surface area contributed by atoms with Crippen LogP contribution in [-0.2, 0) is 32.2 Å². The highest BCUT2D eigenvalue weighted by atomic mass is 16.5. The number of amides is 3. The van der Waals surface area contributed by atoms with Crippen molar-refractivity contribution in [3.8, 4) is 22.5 Å². The van der Waals surface area contributed by atoms with Crippen molar-refractivity contribution in [2.45, 2.75) is 65.5 Å². The van der Waals surface area contributed by atoms with Crippen LogP contribution in [-0.4, -0.2) is 65.8 Å². The average molecular weight is 591 g/mol. The van der Waals surface area contributed by atoms with Gasteiger partial charge in [0.1, 0.15) is 12.3 Å². The van der Waals surface area contributed by atoms with Crippen molar-refractivity contribution in [2.24, 2.45) is 0 Å². The van der Waals surface area contributed by atoms with Crippen LogP contribution >= 0.6 is 0 Å². The fraction of sp³-hybridized carbons (Fsp3) is 0.469. The van der Waals surface area contributed by atoms with Crippen molar-refractivity contribution in [1.82, 2.24) is 25.6 Å². The molecule has 4 rings (SSSR count). The number of nitrogens with one attached hydrogen (secondary N) is 2. The highest BCUT2D eigenvalue weighted by molar-refractivity contribution is 6.01. The lowest BCUT2D eigenvalue weighted by molar-refractivity contribution is -0.125. The summed E-state index contributed by atoms with van der Waals surface area (Å²) in [6.45, 7) is 7.03. The van der Waals surface area contributed by atoms with Gasteiger partial charge in [-0.05, 0) is 24.5 Å². The summed E-state index contributed by atoms with van der Waals surface area (Å²) in [6.07, 6.45) is 3.68. The third-order valence-corrected chi connectivity index (χ3v) is 7.16. The molecule has 0 fully saturated rings. The third kappa shape index (κ3) is 8.63. The molecule has 230 valence electrons. The zero-order chi connectivity index (χ0) is 30.4. The molecule has 0 bridgehead atoms. The Labute approximate surface area is 252 Å². The predicted octanol–water partition coefficient (Wildman–Crippen LogP) is 4.70. The van der Waals surface area contributed by atoms with Crippen molar-refractivity contribution in [3.63, 3.8) is 0 Å². The molecule has 0 saturated carbocycles. The first-order valence-corrected chi connectivity index (χ1v) is 15.2. The molecule has 1 aromatic heterocycles. The lowest BCUT2D eigenvalue weighted by atomic mass is 9.95. The van der Waals surface area contributed by atoms with E-state index in [9.17, 15) is 14.4 Å². The number of carbonyl (C=O) groups excluding carboxylic acids is 3. The monoisotopic (exact) mass is 590 g/mol. The molecule has 1 aliphatic heterocycles. The van der Waals surface area contributed by atoms with Gasteiger partial charge in [0.05, 0.1) is 31.1 Å². The SMILES string of the molecule is CCCCCNC(=O)OCCn1nnc2c1-c1ccccc1CN(C(=O)CCC(=O)NCCOCCC)c1ccccc1-2. The van der Waals surface area contributed by atoms with Crippen molar-refractivity contribution in [2.75, 3.05) is 37.8 Å². The molecule has 0 aliphatic carbocycles. The van der Waals surface area contributed by atoms with Crippen molar-refractivity contribution < 1.29 is 23.9 Å². The molecule has 0 saturated heterocycles. The second kappa shape index (κ2) is 16.4. The summed E-state index contributed by atoms with van der Waals surface area (Å²) in [4.78, 5) is 39.9. The van der Waals surface area contributed by atoms with Gasteiger partial charge in [0, 0.05) is 43.7 Å². The lowest BCUT2D eigenvalue weighted by Crippen LogP contribution is -2.34. The van der Waals surface area contributed by atoms with E-state index in [0.717, 1.165) is 48.1 Å². The van der Waals surface area contributed by atoms with E-state index in [0.29, 0.717) is 50.8 Å². The molecular weight excluding hydrogens is 548 g/mol. The second-order valence-corrected chi connectivity index (χ2v) is 10.4. The standard InChI is InChI=1S/C32H42N6O5/c1-3-5-10-17-34-32(41)43-22-19-38-31-25-12-7-6-11-24(25)23-37(27-14-9-8-13-26(27)30(31)35-36-38)29(40)16-15-28(39)33-18-21-42-20-4-2/h6-9,11-14H,3-5,10,15-23H2,1-2H3,(H,33,39)(H,34,41). The fourth-order valence-corrected chi connectivity index (χ4v) is 4.99. The maximum Gasteiger partial charge on any atom is 0.407 e. The van der Waals surface area contributed by atoms with Gasteiger partial charge in [0.15, 0.2) is 0 Å². The Kier molecular flexibility index (Phi) is 12.1. The van der Waals surface area contributed by atoms with Gasteiger partial charge in [-0.15, -0.1) is 5.10 Å². The lowest BCUT2D eigenvalue weighted by Gasteiger charge is -2.28. The van der Waals surface area contributed by atoms with Crippen molar-refractivity contribution in [1.29, 1.82) is 0 Å². The van der Waals surface area contributed by atoms with Crippen molar-refractivity contribution in [3.05, 3.63) is 54.1 Å². The fourth-order valence-electron chi connectivity index (χ4n) is 4.99. The van der Waals surface area contributed by atoms with Crippen molar-refractivity contribution >= 4 is 23.6 Å². The molecule has 2 heterocycles. The van der Waals surface area contributed by atoms with Gasteiger partial charge in [-0.25, -0.2) is 9.48 Å². The van der Waals surface area contributed by atoms with E-state index >= 15 is 0 Å². The molecule has 1 aliphatic rings. The maximum atomic E-state index is 13.6. The molecular formula is C32H42N6O5. The second-order valence-electron chi connectivity index (χ2n) is 10.4. The van der Waals surface area contributed by atoms with Crippen LogP contribution in [0, 0.1) is 0 Å². The number of aromatic nitrogens is 3. The highest BCUT2D eigenvalue weighted by Gasteiger charge is 2.29. The number of alkyl carbamates (subject to hydrolysis) is 1. The Bertz CT molecular complexity index is 1370. The van der Waals surface area contributed by atoms with E-state index < -0.39 is 6.09 Å². The number of fused-ring (bicyclic) bond motifs is 5. The first-order chi connectivity index (χ1) is 21.0. The highest BCUT2D eigenvalue weighted by Crippen LogP contribution is 2.41. The molecule has 0 atom stereocenters. The number of ether oxygens (including phenoxy) is 2. The van der Waals surface area contributed by atoms with E-state index in [-0.39, 0.29) is 31.3 Å². The van der Waals surface area contributed by atoms with Crippen LogP contribution in [0.3, 0.4) is 0 Å². The van der Waals surface area contributed by atoms with Gasteiger partial charge in [-0.1, -0.05) is 74.4 Å². The van der Waals surface area contributed by atoms with Crippen LogP contribution in [0.4, 0.5) is 10.5 Å². The van der Waals surface area contributed by atoms with Gasteiger partial charge in [0.2, 0.25) is 11.8 Å².